The standard InChI is InChI=1S/C41H44N6O3S/c42-39-36-35(28-14-6-2-7-15-28)38(29-16-8-3-9-17-29)46(24-27-12-4-1-5-13-27)40(36)43-26-47(39)30-20-22-31(23-21-30)50-34(48)19-11-10-18-33-37-32(25-51-33)44-41(49)45-37/h1-9,12-17,26,30-33,37,42H,10-11,18-25H2,(H2,44,45,49)/t30?,31?,32-,33-,37-/m0/s1. The number of carbonyl (C=O) groups is 2. The summed E-state index contributed by atoms with van der Waals surface area (Å²) < 4.78 is 10.3. The number of carbonyl (C=O) groups excluding carboxylic acids is 2. The molecule has 8 rings (SSSR count). The van der Waals surface area contributed by atoms with Gasteiger partial charge in [-0.1, -0.05) is 97.4 Å². The average Bonchev–Trinajstić information content (AvgIpc) is 3.83. The van der Waals surface area contributed by atoms with Gasteiger partial charge in [0.15, 0.2) is 0 Å². The van der Waals surface area contributed by atoms with E-state index in [2.05, 4.69) is 88.0 Å². The molecule has 3 atom stereocenters. The molecule has 3 N–H and O–H groups in total. The van der Waals surface area contributed by atoms with Crippen molar-refractivity contribution < 1.29 is 14.3 Å². The fourth-order valence-electron chi connectivity index (χ4n) is 8.19. The lowest BCUT2D eigenvalue weighted by Gasteiger charge is -2.30. The zero-order chi connectivity index (χ0) is 34.7. The van der Waals surface area contributed by atoms with Crippen LogP contribution in [0.5, 0.6) is 0 Å². The van der Waals surface area contributed by atoms with Crippen LogP contribution in [0.1, 0.15) is 63.0 Å². The van der Waals surface area contributed by atoms with Crippen molar-refractivity contribution in [2.75, 3.05) is 5.75 Å². The molecule has 0 unspecified atom stereocenters. The largest absolute Gasteiger partial charge is 0.462 e. The maximum Gasteiger partial charge on any atom is 0.315 e. The van der Waals surface area contributed by atoms with E-state index < -0.39 is 0 Å². The normalized spacial score (nSPS) is 22.7. The van der Waals surface area contributed by atoms with Gasteiger partial charge in [0.2, 0.25) is 0 Å². The van der Waals surface area contributed by atoms with Gasteiger partial charge in [-0.25, -0.2) is 9.78 Å². The highest BCUT2D eigenvalue weighted by atomic mass is 32.2. The first-order valence-corrected chi connectivity index (χ1v) is 19.3. The predicted molar refractivity (Wildman–Crippen MR) is 201 cm³/mol. The van der Waals surface area contributed by atoms with Crippen LogP contribution in [0.25, 0.3) is 33.4 Å². The van der Waals surface area contributed by atoms with Gasteiger partial charge >= 0.3 is 12.0 Å². The molecule has 3 fully saturated rings. The van der Waals surface area contributed by atoms with E-state index in [0.717, 1.165) is 84.1 Å². The molecule has 3 aliphatic rings. The van der Waals surface area contributed by atoms with E-state index in [9.17, 15) is 15.0 Å². The molecule has 4 heterocycles. The third-order valence-corrected chi connectivity index (χ3v) is 12.2. The molecule has 3 aromatic carbocycles. The van der Waals surface area contributed by atoms with E-state index in [1.807, 2.05) is 40.9 Å². The van der Waals surface area contributed by atoms with E-state index in [1.165, 1.54) is 5.56 Å². The number of hydrogen-bond donors (Lipinski definition) is 3. The lowest BCUT2D eigenvalue weighted by Crippen LogP contribution is -2.36. The maximum absolute atomic E-state index is 12.8. The van der Waals surface area contributed by atoms with Crippen molar-refractivity contribution in [2.45, 2.75) is 87.4 Å². The highest BCUT2D eigenvalue weighted by Gasteiger charge is 2.42. The number of nitrogens with zero attached hydrogens (tertiary/aromatic N) is 3. The summed E-state index contributed by atoms with van der Waals surface area (Å²) in [7, 11) is 0. The number of thioether (sulfide) groups is 1. The van der Waals surface area contributed by atoms with E-state index in [1.54, 1.807) is 0 Å². The number of unbranched alkanes of at least 4 members (excludes halogenated alkanes) is 1. The number of rotatable bonds is 11. The van der Waals surface area contributed by atoms with Gasteiger partial charge in [-0.15, -0.1) is 0 Å². The number of hydrogen-bond acceptors (Lipinski definition) is 6. The Morgan fingerprint density at radius 3 is 2.29 bits per heavy atom. The van der Waals surface area contributed by atoms with E-state index in [4.69, 9.17) is 9.72 Å². The number of amides is 2. The fourth-order valence-corrected chi connectivity index (χ4v) is 9.73. The Hall–Kier alpha value is -4.83. The monoisotopic (exact) mass is 700 g/mol. The second-order valence-corrected chi connectivity index (χ2v) is 15.3. The molecule has 5 aromatic rings. The minimum atomic E-state index is -0.121. The van der Waals surface area contributed by atoms with Crippen molar-refractivity contribution in [1.29, 1.82) is 5.41 Å². The molecule has 0 spiro atoms. The lowest BCUT2D eigenvalue weighted by molar-refractivity contribution is -0.151. The van der Waals surface area contributed by atoms with Gasteiger partial charge in [0, 0.05) is 35.6 Å². The van der Waals surface area contributed by atoms with Gasteiger partial charge in [0.05, 0.1) is 29.5 Å². The number of aromatic nitrogens is 3. The zero-order valence-corrected chi connectivity index (χ0v) is 29.5. The van der Waals surface area contributed by atoms with Crippen LogP contribution < -0.4 is 16.1 Å². The maximum atomic E-state index is 12.8. The Kier molecular flexibility index (Phi) is 9.67. The minimum Gasteiger partial charge on any atom is -0.462 e. The highest BCUT2D eigenvalue weighted by Crippen LogP contribution is 2.40. The molecule has 2 amide bonds. The number of urea groups is 1. The first kappa shape index (κ1) is 33.3. The number of ether oxygens (including phenoxy) is 1. The quantitative estimate of drug-likeness (QED) is 0.0753. The van der Waals surface area contributed by atoms with Crippen molar-refractivity contribution in [3.8, 4) is 22.4 Å². The average molecular weight is 701 g/mol. The Labute approximate surface area is 302 Å². The molecular weight excluding hydrogens is 657 g/mol. The first-order chi connectivity index (χ1) is 25.0. The van der Waals surface area contributed by atoms with E-state index in [0.29, 0.717) is 23.7 Å². The molecule has 51 heavy (non-hydrogen) atoms. The molecule has 262 valence electrons. The third-order valence-electron chi connectivity index (χ3n) is 10.7. The fraction of sp³-hybridized carbons (Fsp3) is 0.366. The van der Waals surface area contributed by atoms with Crippen LogP contribution >= 0.6 is 11.8 Å². The molecule has 1 aliphatic carbocycles. The van der Waals surface area contributed by atoms with Gasteiger partial charge in [0.25, 0.3) is 0 Å². The van der Waals surface area contributed by atoms with Crippen LogP contribution in [0.4, 0.5) is 4.79 Å². The Balaban J connectivity index is 0.987. The Bertz CT molecular complexity index is 2060. The van der Waals surface area contributed by atoms with Crippen molar-refractivity contribution in [3.05, 3.63) is 108 Å². The summed E-state index contributed by atoms with van der Waals surface area (Å²) >= 11 is 1.91. The summed E-state index contributed by atoms with van der Waals surface area (Å²) in [5.41, 5.74) is 6.67. The van der Waals surface area contributed by atoms with Crippen LogP contribution in [0.3, 0.4) is 0 Å². The van der Waals surface area contributed by atoms with Crippen molar-refractivity contribution >= 4 is 34.8 Å². The van der Waals surface area contributed by atoms with Crippen LogP contribution in [-0.4, -0.2) is 55.3 Å². The Morgan fingerprint density at radius 2 is 1.57 bits per heavy atom. The molecule has 10 heteroatoms. The number of fused-ring (bicyclic) bond motifs is 2. The topological polar surface area (TPSA) is 114 Å². The van der Waals surface area contributed by atoms with Crippen LogP contribution in [0, 0.1) is 5.41 Å². The van der Waals surface area contributed by atoms with Crippen LogP contribution in [-0.2, 0) is 16.1 Å². The molecular formula is C41H44N6O3S. The van der Waals surface area contributed by atoms with Gasteiger partial charge in [-0.3, -0.25) is 10.2 Å². The third kappa shape index (κ3) is 6.94. The van der Waals surface area contributed by atoms with E-state index in [-0.39, 0.29) is 36.2 Å². The smallest absolute Gasteiger partial charge is 0.315 e. The number of esters is 1. The first-order valence-electron chi connectivity index (χ1n) is 18.2. The predicted octanol–water partition coefficient (Wildman–Crippen LogP) is 7.45. The summed E-state index contributed by atoms with van der Waals surface area (Å²) in [5.74, 6) is 0.830. The van der Waals surface area contributed by atoms with Gasteiger partial charge in [-0.05, 0) is 55.2 Å². The van der Waals surface area contributed by atoms with Crippen LogP contribution in [0.15, 0.2) is 97.3 Å². The second-order valence-electron chi connectivity index (χ2n) is 14.0. The molecule has 2 aromatic heterocycles. The van der Waals surface area contributed by atoms with Crippen LogP contribution in [0.2, 0.25) is 0 Å². The summed E-state index contributed by atoms with van der Waals surface area (Å²) in [5, 5.41) is 17.0. The molecule has 2 aliphatic heterocycles. The van der Waals surface area contributed by atoms with Crippen molar-refractivity contribution in [2.24, 2.45) is 0 Å². The van der Waals surface area contributed by atoms with Crippen molar-refractivity contribution in [1.82, 2.24) is 24.8 Å². The lowest BCUT2D eigenvalue weighted by atomic mass is 9.92. The summed E-state index contributed by atoms with van der Waals surface area (Å²) in [6, 6.07) is 31.7. The SMILES string of the molecule is N=c1c2c(-c3ccccc3)c(-c3ccccc3)n(Cc3ccccc3)c2ncn1C1CCC(OC(=O)CCCC[C@@H]2SC[C@@H]3NC(=O)N[C@@H]32)CC1. The van der Waals surface area contributed by atoms with Gasteiger partial charge < -0.3 is 24.5 Å². The highest BCUT2D eigenvalue weighted by molar-refractivity contribution is 8.00. The molecule has 1 saturated carbocycles. The molecule has 2 saturated heterocycles. The summed E-state index contributed by atoms with van der Waals surface area (Å²) in [6.07, 6.45) is 8.09. The number of benzene rings is 3. The van der Waals surface area contributed by atoms with E-state index >= 15 is 0 Å². The molecule has 0 radical (unpaired) electrons. The summed E-state index contributed by atoms with van der Waals surface area (Å²) in [4.78, 5) is 29.6. The van der Waals surface area contributed by atoms with Gasteiger partial charge in [-0.2, -0.15) is 11.8 Å². The van der Waals surface area contributed by atoms with Gasteiger partial charge in [0.1, 0.15) is 17.2 Å². The summed E-state index contributed by atoms with van der Waals surface area (Å²) in [6.45, 7) is 0.636. The second kappa shape index (κ2) is 14.8. The zero-order valence-electron chi connectivity index (χ0n) is 28.7. The number of nitrogens with one attached hydrogen (secondary N) is 3. The minimum absolute atomic E-state index is 0.0603. The van der Waals surface area contributed by atoms with Crippen molar-refractivity contribution in [3.63, 3.8) is 0 Å². The molecule has 9 nitrogen and oxygen atoms in total. The Morgan fingerprint density at radius 1 is 0.882 bits per heavy atom. The molecule has 0 bridgehead atoms.